The number of hydrogen-bond acceptors (Lipinski definition) is 9. The first-order valence-electron chi connectivity index (χ1n) is 12.8. The third-order valence-corrected chi connectivity index (χ3v) is 8.81. The second-order valence-electron chi connectivity index (χ2n) is 9.35. The van der Waals surface area contributed by atoms with Gasteiger partial charge in [0.05, 0.1) is 52.5 Å². The van der Waals surface area contributed by atoms with E-state index in [2.05, 4.69) is 20.2 Å². The minimum Gasteiger partial charge on any atom is -0.494 e. The van der Waals surface area contributed by atoms with Crippen LogP contribution in [0.15, 0.2) is 48.8 Å². The van der Waals surface area contributed by atoms with Crippen LogP contribution in [-0.2, 0) is 14.5 Å². The van der Waals surface area contributed by atoms with Gasteiger partial charge in [0, 0.05) is 42.9 Å². The molecule has 1 aliphatic heterocycles. The molecule has 40 heavy (non-hydrogen) atoms. The zero-order valence-corrected chi connectivity index (χ0v) is 24.3. The molecule has 2 aromatic carbocycles. The molecule has 212 valence electrons. The average Bonchev–Trinajstić information content (AvgIpc) is 3.35. The molecule has 13 heteroatoms. The largest absolute Gasteiger partial charge is 0.494 e. The van der Waals surface area contributed by atoms with Crippen LogP contribution >= 0.6 is 23.2 Å². The summed E-state index contributed by atoms with van der Waals surface area (Å²) in [5.74, 6) is 1.07. The number of fused-ring (bicyclic) bond motifs is 1. The number of nitrogens with zero attached hydrogens (tertiary/aromatic N) is 4. The van der Waals surface area contributed by atoms with Gasteiger partial charge in [0.15, 0.2) is 0 Å². The molecule has 1 aliphatic rings. The number of aliphatic hydroxyl groups excluding tert-OH is 1. The van der Waals surface area contributed by atoms with E-state index < -0.39 is 10.3 Å². The molecule has 1 saturated heterocycles. The van der Waals surface area contributed by atoms with Gasteiger partial charge in [-0.25, -0.2) is 13.9 Å². The predicted octanol–water partition coefficient (Wildman–Crippen LogP) is 5.50. The molecule has 5 rings (SSSR count). The lowest BCUT2D eigenvalue weighted by atomic mass is 9.97. The summed E-state index contributed by atoms with van der Waals surface area (Å²) in [6.07, 6.45) is 4.67. The number of aromatic nitrogens is 3. The van der Waals surface area contributed by atoms with E-state index in [1.165, 1.54) is 12.4 Å². The van der Waals surface area contributed by atoms with Gasteiger partial charge in [-0.1, -0.05) is 41.4 Å². The normalized spacial score (nSPS) is 14.6. The quantitative estimate of drug-likeness (QED) is 0.255. The SMILES string of the molecule is CCOS(=O)(=O)n1cc(-c2nc(Nc3cc(Cl)c(N4CCC(CO)CC4)cc3OC)ncc2Cl)c2ccccc21. The van der Waals surface area contributed by atoms with E-state index in [1.807, 2.05) is 6.07 Å². The second-order valence-corrected chi connectivity index (χ2v) is 11.7. The van der Waals surface area contributed by atoms with E-state index in [0.717, 1.165) is 35.6 Å². The summed E-state index contributed by atoms with van der Waals surface area (Å²) >= 11 is 13.2. The van der Waals surface area contributed by atoms with Crippen LogP contribution in [0.25, 0.3) is 22.2 Å². The lowest BCUT2D eigenvalue weighted by Crippen LogP contribution is -2.34. The van der Waals surface area contributed by atoms with E-state index in [9.17, 15) is 13.5 Å². The molecule has 3 heterocycles. The number of piperidine rings is 1. The summed E-state index contributed by atoms with van der Waals surface area (Å²) in [5, 5.41) is 14.0. The van der Waals surface area contributed by atoms with E-state index in [1.54, 1.807) is 44.4 Å². The fourth-order valence-electron chi connectivity index (χ4n) is 4.87. The first-order valence-corrected chi connectivity index (χ1v) is 14.9. The predicted molar refractivity (Wildman–Crippen MR) is 157 cm³/mol. The van der Waals surface area contributed by atoms with Gasteiger partial charge < -0.3 is 20.1 Å². The lowest BCUT2D eigenvalue weighted by molar-refractivity contribution is 0.203. The Bertz CT molecular complexity index is 1640. The number of aliphatic hydroxyl groups is 1. The third kappa shape index (κ3) is 5.57. The molecule has 0 radical (unpaired) electrons. The number of anilines is 3. The van der Waals surface area contributed by atoms with Crippen LogP contribution in [0.3, 0.4) is 0 Å². The van der Waals surface area contributed by atoms with Crippen LogP contribution in [0.4, 0.5) is 17.3 Å². The number of methoxy groups -OCH3 is 1. The van der Waals surface area contributed by atoms with Crippen LogP contribution in [0, 0.1) is 5.92 Å². The van der Waals surface area contributed by atoms with Gasteiger partial charge in [0.2, 0.25) is 5.95 Å². The molecule has 2 aromatic heterocycles. The number of rotatable bonds is 9. The molecule has 0 saturated carbocycles. The van der Waals surface area contributed by atoms with Gasteiger partial charge in [0.1, 0.15) is 5.75 Å². The van der Waals surface area contributed by atoms with Gasteiger partial charge >= 0.3 is 10.3 Å². The second kappa shape index (κ2) is 11.8. The third-order valence-electron chi connectivity index (χ3n) is 6.91. The Balaban J connectivity index is 1.50. The molecule has 0 atom stereocenters. The van der Waals surface area contributed by atoms with E-state index in [4.69, 9.17) is 32.1 Å². The van der Waals surface area contributed by atoms with Crippen molar-refractivity contribution in [1.82, 2.24) is 13.9 Å². The monoisotopic (exact) mass is 605 g/mol. The molecule has 2 N–H and O–H groups in total. The van der Waals surface area contributed by atoms with Gasteiger partial charge in [0.25, 0.3) is 0 Å². The fourth-order valence-corrected chi connectivity index (χ4v) is 6.40. The van der Waals surface area contributed by atoms with Crippen molar-refractivity contribution in [1.29, 1.82) is 0 Å². The number of ether oxygens (including phenoxy) is 1. The number of para-hydroxylation sites is 1. The minimum atomic E-state index is -4.06. The van der Waals surface area contributed by atoms with Gasteiger partial charge in [-0.15, -0.1) is 0 Å². The highest BCUT2D eigenvalue weighted by molar-refractivity contribution is 7.85. The highest BCUT2D eigenvalue weighted by Gasteiger charge is 2.24. The number of hydrogen-bond donors (Lipinski definition) is 2. The maximum Gasteiger partial charge on any atom is 0.366 e. The van der Waals surface area contributed by atoms with Crippen molar-refractivity contribution in [3.63, 3.8) is 0 Å². The molecular weight excluding hydrogens is 577 g/mol. The molecular formula is C27H29Cl2N5O5S. The van der Waals surface area contributed by atoms with E-state index >= 15 is 0 Å². The minimum absolute atomic E-state index is 0.00335. The van der Waals surface area contributed by atoms with Crippen molar-refractivity contribution in [2.24, 2.45) is 5.92 Å². The first kappa shape index (κ1) is 28.4. The highest BCUT2D eigenvalue weighted by atomic mass is 35.5. The van der Waals surface area contributed by atoms with Crippen LogP contribution < -0.4 is 15.0 Å². The van der Waals surface area contributed by atoms with Crippen molar-refractivity contribution in [2.45, 2.75) is 19.8 Å². The zero-order chi connectivity index (χ0) is 28.4. The summed E-state index contributed by atoms with van der Waals surface area (Å²) in [4.78, 5) is 11.1. The lowest BCUT2D eigenvalue weighted by Gasteiger charge is -2.33. The zero-order valence-electron chi connectivity index (χ0n) is 22.0. The van der Waals surface area contributed by atoms with Crippen LogP contribution in [0.1, 0.15) is 19.8 Å². The summed E-state index contributed by atoms with van der Waals surface area (Å²) in [6, 6.07) is 10.6. The topological polar surface area (TPSA) is 119 Å². The molecule has 4 aromatic rings. The standard InChI is InChI=1S/C27H29Cl2N5O5S/c1-3-39-40(36,37)34-15-19(18-6-4-5-7-23(18)34)26-21(29)14-30-27(32-26)31-22-12-20(28)24(13-25(22)38-2)33-10-8-17(16-35)9-11-33/h4-7,12-15,17,35H,3,8-11,16H2,1-2H3,(H,30,31,32). The Morgan fingerprint density at radius 1 is 1.15 bits per heavy atom. The van der Waals surface area contributed by atoms with Crippen molar-refractivity contribution < 1.29 is 22.4 Å². The van der Waals surface area contributed by atoms with Gasteiger partial charge in [-0.05, 0) is 37.8 Å². The Hall–Kier alpha value is -3.09. The van der Waals surface area contributed by atoms with Crippen LogP contribution in [0.2, 0.25) is 10.0 Å². The van der Waals surface area contributed by atoms with Crippen molar-refractivity contribution >= 4 is 61.7 Å². The maximum atomic E-state index is 12.8. The number of benzene rings is 2. The summed E-state index contributed by atoms with van der Waals surface area (Å²) < 4.78 is 37.3. The Morgan fingerprint density at radius 2 is 1.90 bits per heavy atom. The molecule has 0 spiro atoms. The number of nitrogens with one attached hydrogen (secondary N) is 1. The highest BCUT2D eigenvalue weighted by Crippen LogP contribution is 2.40. The Labute approximate surface area is 242 Å². The van der Waals surface area contributed by atoms with Crippen molar-refractivity contribution in [3.05, 3.63) is 58.8 Å². The van der Waals surface area contributed by atoms with E-state index in [-0.39, 0.29) is 24.2 Å². The van der Waals surface area contributed by atoms with Gasteiger partial charge in [-0.2, -0.15) is 8.42 Å². The first-order chi connectivity index (χ1) is 19.2. The van der Waals surface area contributed by atoms with Crippen LogP contribution in [-0.4, -0.2) is 60.9 Å². The number of halogens is 2. The Kier molecular flexibility index (Phi) is 8.39. The summed E-state index contributed by atoms with van der Waals surface area (Å²) in [7, 11) is -2.49. The van der Waals surface area contributed by atoms with Crippen molar-refractivity contribution in [2.75, 3.05) is 43.6 Å². The average molecular weight is 607 g/mol. The molecule has 0 unspecified atom stereocenters. The Morgan fingerprint density at radius 3 is 2.60 bits per heavy atom. The van der Waals surface area contributed by atoms with Crippen molar-refractivity contribution in [3.8, 4) is 17.0 Å². The summed E-state index contributed by atoms with van der Waals surface area (Å²) in [5.41, 5.74) is 2.68. The summed E-state index contributed by atoms with van der Waals surface area (Å²) in [6.45, 7) is 3.38. The molecule has 0 bridgehead atoms. The molecule has 0 amide bonds. The van der Waals surface area contributed by atoms with Gasteiger partial charge in [-0.3, -0.25) is 4.18 Å². The smallest absolute Gasteiger partial charge is 0.366 e. The molecule has 0 aliphatic carbocycles. The molecule has 1 fully saturated rings. The molecule has 10 nitrogen and oxygen atoms in total. The maximum absolute atomic E-state index is 12.8. The van der Waals surface area contributed by atoms with Crippen LogP contribution in [0.5, 0.6) is 5.75 Å². The van der Waals surface area contributed by atoms with E-state index in [0.29, 0.717) is 44.5 Å². The fraction of sp³-hybridized carbons (Fsp3) is 0.333.